The Balaban J connectivity index is 2.19. The monoisotopic (exact) mass is 281 g/mol. The molecule has 21 heavy (non-hydrogen) atoms. The molecule has 1 aliphatic rings. The van der Waals surface area contributed by atoms with Crippen molar-refractivity contribution in [3.05, 3.63) is 58.1 Å². The van der Waals surface area contributed by atoms with Crippen LogP contribution in [0.5, 0.6) is 5.75 Å². The number of nitrogens with two attached hydrogens (primary N) is 1. The zero-order valence-electron chi connectivity index (χ0n) is 10.9. The second-order valence-corrected chi connectivity index (χ2v) is 4.72. The van der Waals surface area contributed by atoms with Crippen molar-refractivity contribution in [2.45, 2.75) is 12.1 Å². The smallest absolute Gasteiger partial charge is 0.270 e. The van der Waals surface area contributed by atoms with E-state index in [1.165, 1.54) is 12.1 Å². The van der Waals surface area contributed by atoms with E-state index in [0.717, 1.165) is 11.1 Å². The van der Waals surface area contributed by atoms with Gasteiger partial charge in [-0.25, -0.2) is 0 Å². The molecule has 0 saturated carbocycles. The Labute approximate surface area is 120 Å². The van der Waals surface area contributed by atoms with Crippen LogP contribution in [0.25, 0.3) is 11.1 Å². The standard InChI is InChI=1S/C15H11N3O3/c16-8-13(17)15-11-4-2-1-3-10(11)12-7-9(18(19)20)5-6-14(12)21-15/h1-7,13,15H,17H2. The van der Waals surface area contributed by atoms with Crippen molar-refractivity contribution in [2.75, 3.05) is 0 Å². The Morgan fingerprint density at radius 3 is 2.76 bits per heavy atom. The number of ether oxygens (including phenoxy) is 1. The molecule has 0 radical (unpaired) electrons. The molecule has 6 heteroatoms. The minimum atomic E-state index is -0.811. The van der Waals surface area contributed by atoms with Gasteiger partial charge in [-0.3, -0.25) is 10.1 Å². The summed E-state index contributed by atoms with van der Waals surface area (Å²) >= 11 is 0. The molecule has 0 amide bonds. The van der Waals surface area contributed by atoms with Gasteiger partial charge in [0.05, 0.1) is 11.0 Å². The van der Waals surface area contributed by atoms with Gasteiger partial charge < -0.3 is 10.5 Å². The SMILES string of the molecule is N#CC(N)C1Oc2ccc([N+](=O)[O-])cc2-c2ccccc21. The largest absolute Gasteiger partial charge is 0.482 e. The molecule has 2 unspecified atom stereocenters. The predicted molar refractivity (Wildman–Crippen MR) is 75.5 cm³/mol. The highest BCUT2D eigenvalue weighted by Gasteiger charge is 2.31. The molecule has 0 aromatic heterocycles. The van der Waals surface area contributed by atoms with Crippen molar-refractivity contribution in [3.8, 4) is 22.9 Å². The Morgan fingerprint density at radius 1 is 1.29 bits per heavy atom. The minimum Gasteiger partial charge on any atom is -0.482 e. The summed E-state index contributed by atoms with van der Waals surface area (Å²) in [5.41, 5.74) is 8.01. The summed E-state index contributed by atoms with van der Waals surface area (Å²) in [5.74, 6) is 0.495. The van der Waals surface area contributed by atoms with Gasteiger partial charge in [0.2, 0.25) is 0 Å². The fourth-order valence-corrected chi connectivity index (χ4v) is 2.47. The fraction of sp³-hybridized carbons (Fsp3) is 0.133. The van der Waals surface area contributed by atoms with Gasteiger partial charge >= 0.3 is 0 Å². The number of nitrogens with zero attached hydrogens (tertiary/aromatic N) is 2. The van der Waals surface area contributed by atoms with Gasteiger partial charge in [0.1, 0.15) is 11.8 Å². The van der Waals surface area contributed by atoms with Gasteiger partial charge in [0.25, 0.3) is 5.69 Å². The minimum absolute atomic E-state index is 0.00446. The van der Waals surface area contributed by atoms with Gasteiger partial charge in [-0.2, -0.15) is 5.26 Å². The van der Waals surface area contributed by atoms with Crippen molar-refractivity contribution in [2.24, 2.45) is 5.73 Å². The third-order valence-corrected chi connectivity index (χ3v) is 3.46. The molecule has 104 valence electrons. The lowest BCUT2D eigenvalue weighted by Gasteiger charge is -2.29. The molecular formula is C15H11N3O3. The first-order chi connectivity index (χ1) is 10.1. The molecule has 2 atom stereocenters. The lowest BCUT2D eigenvalue weighted by molar-refractivity contribution is -0.384. The highest BCUT2D eigenvalue weighted by atomic mass is 16.6. The summed E-state index contributed by atoms with van der Waals surface area (Å²) < 4.78 is 5.78. The zero-order valence-corrected chi connectivity index (χ0v) is 10.9. The number of nitriles is 1. The first-order valence-electron chi connectivity index (χ1n) is 6.31. The number of nitro benzene ring substituents is 1. The highest BCUT2D eigenvalue weighted by molar-refractivity contribution is 5.77. The molecule has 0 spiro atoms. The number of fused-ring (bicyclic) bond motifs is 3. The average Bonchev–Trinajstić information content (AvgIpc) is 2.52. The van der Waals surface area contributed by atoms with Crippen LogP contribution >= 0.6 is 0 Å². The third kappa shape index (κ3) is 2.10. The Bertz CT molecular complexity index is 767. The van der Waals surface area contributed by atoms with Crippen molar-refractivity contribution < 1.29 is 9.66 Å². The van der Waals surface area contributed by atoms with E-state index in [9.17, 15) is 10.1 Å². The maximum Gasteiger partial charge on any atom is 0.270 e. The summed E-state index contributed by atoms with van der Waals surface area (Å²) in [7, 11) is 0. The maximum atomic E-state index is 10.9. The van der Waals surface area contributed by atoms with Gasteiger partial charge in [-0.1, -0.05) is 24.3 Å². The summed E-state index contributed by atoms with van der Waals surface area (Å²) in [6, 6.07) is 12.9. The van der Waals surface area contributed by atoms with Crippen LogP contribution in [0.15, 0.2) is 42.5 Å². The summed E-state index contributed by atoms with van der Waals surface area (Å²) in [4.78, 5) is 10.5. The molecule has 2 aromatic carbocycles. The first kappa shape index (κ1) is 13.1. The van der Waals surface area contributed by atoms with Crippen molar-refractivity contribution in [1.29, 1.82) is 5.26 Å². The lowest BCUT2D eigenvalue weighted by atomic mass is 9.90. The van der Waals surface area contributed by atoms with Crippen LogP contribution < -0.4 is 10.5 Å². The van der Waals surface area contributed by atoms with Crippen LogP contribution in [-0.2, 0) is 0 Å². The van der Waals surface area contributed by atoms with Gasteiger partial charge in [-0.05, 0) is 11.6 Å². The molecule has 1 aliphatic heterocycles. The summed E-state index contributed by atoms with van der Waals surface area (Å²) in [6.45, 7) is 0. The zero-order chi connectivity index (χ0) is 15.0. The second-order valence-electron chi connectivity index (χ2n) is 4.72. The van der Waals surface area contributed by atoms with Gasteiger partial charge in [0, 0.05) is 23.3 Å². The van der Waals surface area contributed by atoms with Crippen LogP contribution in [0.4, 0.5) is 5.69 Å². The van der Waals surface area contributed by atoms with Crippen LogP contribution in [0, 0.1) is 21.4 Å². The maximum absolute atomic E-state index is 10.9. The van der Waals surface area contributed by atoms with E-state index in [0.29, 0.717) is 11.3 Å². The number of non-ortho nitro benzene ring substituents is 1. The van der Waals surface area contributed by atoms with Gasteiger partial charge in [-0.15, -0.1) is 0 Å². The fourth-order valence-electron chi connectivity index (χ4n) is 2.47. The van der Waals surface area contributed by atoms with Gasteiger partial charge in [0.15, 0.2) is 6.10 Å². The first-order valence-corrected chi connectivity index (χ1v) is 6.31. The number of rotatable bonds is 2. The molecule has 3 rings (SSSR count). The normalized spacial score (nSPS) is 16.9. The number of benzene rings is 2. The van der Waals surface area contributed by atoms with Crippen LogP contribution in [0.1, 0.15) is 11.7 Å². The van der Waals surface area contributed by atoms with E-state index in [1.807, 2.05) is 30.3 Å². The molecule has 0 bridgehead atoms. The van der Waals surface area contributed by atoms with Crippen LogP contribution in [0.3, 0.4) is 0 Å². The number of hydrogen-bond donors (Lipinski definition) is 1. The van der Waals surface area contributed by atoms with Crippen molar-refractivity contribution >= 4 is 5.69 Å². The van der Waals surface area contributed by atoms with E-state index < -0.39 is 17.1 Å². The molecule has 0 fully saturated rings. The van der Waals surface area contributed by atoms with E-state index in [-0.39, 0.29) is 5.69 Å². The predicted octanol–water partition coefficient (Wildman–Crippen LogP) is 2.55. The third-order valence-electron chi connectivity index (χ3n) is 3.46. The quantitative estimate of drug-likeness (QED) is 0.673. The van der Waals surface area contributed by atoms with Crippen molar-refractivity contribution in [3.63, 3.8) is 0 Å². The van der Waals surface area contributed by atoms with Crippen molar-refractivity contribution in [1.82, 2.24) is 0 Å². The summed E-state index contributed by atoms with van der Waals surface area (Å²) in [6.07, 6.45) is -0.583. The molecule has 1 heterocycles. The molecule has 6 nitrogen and oxygen atoms in total. The van der Waals surface area contributed by atoms with E-state index >= 15 is 0 Å². The highest BCUT2D eigenvalue weighted by Crippen LogP contribution is 2.44. The average molecular weight is 281 g/mol. The molecule has 0 aliphatic carbocycles. The van der Waals surface area contributed by atoms with Crippen LogP contribution in [0.2, 0.25) is 0 Å². The number of nitro groups is 1. The van der Waals surface area contributed by atoms with E-state index in [2.05, 4.69) is 0 Å². The molecule has 2 aromatic rings. The Kier molecular flexibility index (Phi) is 3.05. The topological polar surface area (TPSA) is 102 Å². The second kappa shape index (κ2) is 4.89. The molecular weight excluding hydrogens is 270 g/mol. The van der Waals surface area contributed by atoms with E-state index in [4.69, 9.17) is 15.7 Å². The number of hydrogen-bond acceptors (Lipinski definition) is 5. The lowest BCUT2D eigenvalue weighted by Crippen LogP contribution is -2.32. The molecule has 0 saturated heterocycles. The molecule has 2 N–H and O–H groups in total. The van der Waals surface area contributed by atoms with Crippen LogP contribution in [-0.4, -0.2) is 11.0 Å². The Morgan fingerprint density at radius 2 is 2.05 bits per heavy atom. The Hall–Kier alpha value is -2.91. The van der Waals surface area contributed by atoms with E-state index in [1.54, 1.807) is 6.07 Å². The summed E-state index contributed by atoms with van der Waals surface area (Å²) in [5, 5.41) is 20.0.